The summed E-state index contributed by atoms with van der Waals surface area (Å²) in [6.45, 7) is 1.10. The van der Waals surface area contributed by atoms with Crippen molar-refractivity contribution in [3.63, 3.8) is 0 Å². The van der Waals surface area contributed by atoms with Crippen molar-refractivity contribution in [3.05, 3.63) is 56.5 Å². The van der Waals surface area contributed by atoms with Crippen molar-refractivity contribution in [1.82, 2.24) is 9.97 Å². The maximum Gasteiger partial charge on any atom is 0.417 e. The molecule has 0 bridgehead atoms. The standard InChI is InChI=1S/C9H6ClF4NO.C9H12N2O/c1-4(16)15-8-3-6(10)5(2-7(8)11)9(12,13)14;12-9-10-6-7-4-2-1-3-5-8(7)11-9/h2-3H,1H3,(H,15,16);6H,1-5H2,(H,10,11,12). The van der Waals surface area contributed by atoms with E-state index in [1.807, 2.05) is 5.32 Å². The fraction of sp³-hybridized carbons (Fsp3) is 0.389. The van der Waals surface area contributed by atoms with Crippen LogP contribution in [0.1, 0.15) is 43.0 Å². The van der Waals surface area contributed by atoms with Crippen LogP contribution in [0.4, 0.5) is 23.2 Å². The van der Waals surface area contributed by atoms with E-state index in [0.717, 1.165) is 31.5 Å². The largest absolute Gasteiger partial charge is 0.417 e. The van der Waals surface area contributed by atoms with Gasteiger partial charge in [0.2, 0.25) is 5.91 Å². The number of aromatic nitrogens is 2. The number of amides is 1. The molecule has 0 spiro atoms. The molecular weight excluding hydrogens is 402 g/mol. The van der Waals surface area contributed by atoms with E-state index in [1.165, 1.54) is 24.8 Å². The number of nitrogens with zero attached hydrogens (tertiary/aromatic N) is 1. The maximum absolute atomic E-state index is 13.1. The minimum Gasteiger partial charge on any atom is -0.324 e. The molecule has 1 aliphatic rings. The van der Waals surface area contributed by atoms with Crippen molar-refractivity contribution < 1.29 is 22.4 Å². The number of carbonyl (C=O) groups is 1. The molecule has 152 valence electrons. The number of halogens is 5. The van der Waals surface area contributed by atoms with Crippen LogP contribution in [0.25, 0.3) is 0 Å². The second-order valence-electron chi connectivity index (χ2n) is 6.24. The molecule has 1 aromatic carbocycles. The average molecular weight is 420 g/mol. The van der Waals surface area contributed by atoms with Gasteiger partial charge in [-0.25, -0.2) is 14.2 Å². The van der Waals surface area contributed by atoms with E-state index in [-0.39, 0.29) is 17.4 Å². The zero-order valence-electron chi connectivity index (χ0n) is 14.9. The minimum absolute atomic E-state index is 0.212. The number of hydrogen-bond donors (Lipinski definition) is 2. The number of alkyl halides is 3. The second kappa shape index (κ2) is 9.18. The lowest BCUT2D eigenvalue weighted by molar-refractivity contribution is -0.137. The molecule has 0 saturated carbocycles. The van der Waals surface area contributed by atoms with Crippen molar-refractivity contribution in [3.8, 4) is 0 Å². The lowest BCUT2D eigenvalue weighted by atomic mass is 10.1. The number of anilines is 1. The third-order valence-electron chi connectivity index (χ3n) is 4.03. The smallest absolute Gasteiger partial charge is 0.324 e. The van der Waals surface area contributed by atoms with Gasteiger partial charge in [0.05, 0.1) is 16.3 Å². The van der Waals surface area contributed by atoms with E-state index in [2.05, 4.69) is 9.97 Å². The fourth-order valence-electron chi connectivity index (χ4n) is 2.74. The Morgan fingerprint density at radius 1 is 1.21 bits per heavy atom. The monoisotopic (exact) mass is 419 g/mol. The van der Waals surface area contributed by atoms with Crippen LogP contribution in [0.5, 0.6) is 0 Å². The number of H-pyrrole nitrogens is 1. The molecule has 0 fully saturated rings. The third kappa shape index (κ3) is 6.05. The molecular formula is C18H18ClF4N3O2. The number of aryl methyl sites for hydroxylation is 2. The number of rotatable bonds is 1. The van der Waals surface area contributed by atoms with E-state index >= 15 is 0 Å². The van der Waals surface area contributed by atoms with Crippen LogP contribution in [-0.2, 0) is 23.8 Å². The molecule has 0 atom stereocenters. The normalized spacial score (nSPS) is 13.6. The summed E-state index contributed by atoms with van der Waals surface area (Å²) in [5.41, 5.74) is 0.460. The Labute approximate surface area is 163 Å². The summed E-state index contributed by atoms with van der Waals surface area (Å²) < 4.78 is 50.0. The SMILES string of the molecule is CC(=O)Nc1cc(Cl)c(C(F)(F)F)cc1F.O=c1ncc2c([nH]1)CCCCC2. The van der Waals surface area contributed by atoms with Crippen molar-refractivity contribution in [1.29, 1.82) is 0 Å². The molecule has 1 heterocycles. The summed E-state index contributed by atoms with van der Waals surface area (Å²) in [4.78, 5) is 28.0. The van der Waals surface area contributed by atoms with Gasteiger partial charge in [0.15, 0.2) is 0 Å². The van der Waals surface area contributed by atoms with Gasteiger partial charge in [-0.3, -0.25) is 4.79 Å². The van der Waals surface area contributed by atoms with E-state index in [0.29, 0.717) is 0 Å². The first kappa shape index (κ1) is 21.9. The molecule has 2 N–H and O–H groups in total. The van der Waals surface area contributed by atoms with E-state index in [1.54, 1.807) is 6.20 Å². The highest BCUT2D eigenvalue weighted by Crippen LogP contribution is 2.37. The molecule has 5 nitrogen and oxygen atoms in total. The lowest BCUT2D eigenvalue weighted by Crippen LogP contribution is -2.13. The summed E-state index contributed by atoms with van der Waals surface area (Å²) in [7, 11) is 0. The number of aromatic amines is 1. The average Bonchev–Trinajstić information content (AvgIpc) is 2.81. The van der Waals surface area contributed by atoms with Crippen LogP contribution in [0.2, 0.25) is 5.02 Å². The molecule has 1 aliphatic carbocycles. The fourth-order valence-corrected chi connectivity index (χ4v) is 3.01. The van der Waals surface area contributed by atoms with Crippen LogP contribution in [-0.4, -0.2) is 15.9 Å². The number of nitrogens with one attached hydrogen (secondary N) is 2. The highest BCUT2D eigenvalue weighted by molar-refractivity contribution is 6.31. The highest BCUT2D eigenvalue weighted by Gasteiger charge is 2.34. The number of fused-ring (bicyclic) bond motifs is 1. The van der Waals surface area contributed by atoms with Gasteiger partial charge in [-0.05, 0) is 43.4 Å². The van der Waals surface area contributed by atoms with Crippen molar-refractivity contribution in [2.45, 2.75) is 45.2 Å². The van der Waals surface area contributed by atoms with E-state index in [4.69, 9.17) is 11.6 Å². The summed E-state index contributed by atoms with van der Waals surface area (Å²) >= 11 is 5.33. The number of carbonyl (C=O) groups excluding carboxylic acids is 1. The summed E-state index contributed by atoms with van der Waals surface area (Å²) in [6.07, 6.45) is 2.74. The van der Waals surface area contributed by atoms with Crippen molar-refractivity contribution in [2.75, 3.05) is 5.32 Å². The molecule has 1 amide bonds. The zero-order valence-corrected chi connectivity index (χ0v) is 15.7. The third-order valence-corrected chi connectivity index (χ3v) is 4.34. The summed E-state index contributed by atoms with van der Waals surface area (Å²) in [6, 6.07) is 0.967. The van der Waals surface area contributed by atoms with Crippen LogP contribution < -0.4 is 11.0 Å². The molecule has 3 rings (SSSR count). The van der Waals surface area contributed by atoms with Gasteiger partial charge in [0.25, 0.3) is 0 Å². The Hall–Kier alpha value is -2.42. The van der Waals surface area contributed by atoms with Gasteiger partial charge in [-0.2, -0.15) is 13.2 Å². The quantitative estimate of drug-likeness (QED) is 0.528. The van der Waals surface area contributed by atoms with E-state index < -0.39 is 28.5 Å². The minimum atomic E-state index is -4.73. The first-order valence-electron chi connectivity index (χ1n) is 8.49. The van der Waals surface area contributed by atoms with Crippen molar-refractivity contribution >= 4 is 23.2 Å². The van der Waals surface area contributed by atoms with Crippen molar-refractivity contribution in [2.24, 2.45) is 0 Å². The zero-order chi connectivity index (χ0) is 20.9. The van der Waals surface area contributed by atoms with Crippen LogP contribution >= 0.6 is 11.6 Å². The maximum atomic E-state index is 13.1. The highest BCUT2D eigenvalue weighted by atomic mass is 35.5. The van der Waals surface area contributed by atoms with Gasteiger partial charge in [0, 0.05) is 18.8 Å². The molecule has 0 aliphatic heterocycles. The van der Waals surface area contributed by atoms with Crippen LogP contribution in [0.15, 0.2) is 23.1 Å². The second-order valence-corrected chi connectivity index (χ2v) is 6.65. The molecule has 1 aromatic heterocycles. The van der Waals surface area contributed by atoms with Crippen LogP contribution in [0, 0.1) is 5.82 Å². The molecule has 0 unspecified atom stereocenters. The molecule has 0 radical (unpaired) electrons. The Bertz CT molecular complexity index is 913. The molecule has 2 aromatic rings. The first-order chi connectivity index (χ1) is 13.1. The summed E-state index contributed by atoms with van der Waals surface area (Å²) in [5, 5.41) is 1.36. The topological polar surface area (TPSA) is 74.8 Å². The lowest BCUT2D eigenvalue weighted by Gasteiger charge is -2.11. The predicted octanol–water partition coefficient (Wildman–Crippen LogP) is 4.50. The van der Waals surface area contributed by atoms with Gasteiger partial charge < -0.3 is 10.3 Å². The predicted molar refractivity (Wildman–Crippen MR) is 96.8 cm³/mol. The summed E-state index contributed by atoms with van der Waals surface area (Å²) in [5.74, 6) is -1.79. The Morgan fingerprint density at radius 2 is 1.89 bits per heavy atom. The molecule has 28 heavy (non-hydrogen) atoms. The molecule has 10 heteroatoms. The Kier molecular flexibility index (Phi) is 7.17. The first-order valence-corrected chi connectivity index (χ1v) is 8.86. The van der Waals surface area contributed by atoms with Gasteiger partial charge >= 0.3 is 11.9 Å². The molecule has 0 saturated heterocycles. The Morgan fingerprint density at radius 3 is 2.54 bits per heavy atom. The number of benzene rings is 1. The van der Waals surface area contributed by atoms with Crippen LogP contribution in [0.3, 0.4) is 0 Å². The van der Waals surface area contributed by atoms with Gasteiger partial charge in [0.1, 0.15) is 5.82 Å². The number of hydrogen-bond acceptors (Lipinski definition) is 3. The van der Waals surface area contributed by atoms with E-state index in [9.17, 15) is 27.2 Å². The van der Waals surface area contributed by atoms with Gasteiger partial charge in [-0.1, -0.05) is 18.0 Å². The van der Waals surface area contributed by atoms with Gasteiger partial charge in [-0.15, -0.1) is 0 Å². The Balaban J connectivity index is 0.000000207.